The van der Waals surface area contributed by atoms with Crippen molar-refractivity contribution >= 4 is 44.8 Å². The summed E-state index contributed by atoms with van der Waals surface area (Å²) in [7, 11) is 0. The van der Waals surface area contributed by atoms with Crippen LogP contribution in [0.4, 0.5) is 10.1 Å². The minimum atomic E-state index is -0.686. The molecule has 2 nitrogen and oxygen atoms in total. The third-order valence-corrected chi connectivity index (χ3v) is 2.51. The Morgan fingerprint density at radius 3 is 2.58 bits per heavy atom. The van der Waals surface area contributed by atoms with Crippen molar-refractivity contribution in [3.63, 3.8) is 0 Å². The summed E-state index contributed by atoms with van der Waals surface area (Å²) in [5, 5.41) is -0.178. The van der Waals surface area contributed by atoms with Crippen LogP contribution >= 0.6 is 39.1 Å². The molecule has 0 fully saturated rings. The number of halogens is 4. The summed E-state index contributed by atoms with van der Waals surface area (Å²) < 4.78 is 13.5. The van der Waals surface area contributed by atoms with Crippen LogP contribution in [0.3, 0.4) is 0 Å². The van der Waals surface area contributed by atoms with E-state index in [-0.39, 0.29) is 15.7 Å². The Labute approximate surface area is 86.9 Å². The number of nitrogens with one attached hydrogen (secondary N) is 1. The molecule has 0 saturated carbocycles. The van der Waals surface area contributed by atoms with Gasteiger partial charge < -0.3 is 5.43 Å². The van der Waals surface area contributed by atoms with Crippen molar-refractivity contribution < 1.29 is 4.39 Å². The van der Waals surface area contributed by atoms with E-state index >= 15 is 0 Å². The van der Waals surface area contributed by atoms with Gasteiger partial charge in [0.05, 0.1) is 10.7 Å². The van der Waals surface area contributed by atoms with E-state index in [0.717, 1.165) is 0 Å². The number of anilines is 1. The molecule has 3 N–H and O–H groups in total. The van der Waals surface area contributed by atoms with E-state index < -0.39 is 5.82 Å². The highest BCUT2D eigenvalue weighted by molar-refractivity contribution is 9.10. The summed E-state index contributed by atoms with van der Waals surface area (Å²) in [6.45, 7) is 0. The van der Waals surface area contributed by atoms with Crippen LogP contribution < -0.4 is 11.3 Å². The molecule has 0 aromatic heterocycles. The Bertz CT molecular complexity index is 319. The van der Waals surface area contributed by atoms with Crippen molar-refractivity contribution in [2.24, 2.45) is 5.84 Å². The molecule has 1 aromatic carbocycles. The van der Waals surface area contributed by atoms with Crippen molar-refractivity contribution in [3.8, 4) is 0 Å². The second-order valence-electron chi connectivity index (χ2n) is 1.99. The average molecular weight is 274 g/mol. The predicted molar refractivity (Wildman–Crippen MR) is 51.9 cm³/mol. The summed E-state index contributed by atoms with van der Waals surface area (Å²) >= 11 is 14.2. The predicted octanol–water partition coefficient (Wildman–Crippen LogP) is 3.18. The normalized spacial score (nSPS) is 10.1. The summed E-state index contributed by atoms with van der Waals surface area (Å²) in [4.78, 5) is 0. The highest BCUT2D eigenvalue weighted by Gasteiger charge is 2.13. The third-order valence-electron chi connectivity index (χ3n) is 1.26. The van der Waals surface area contributed by atoms with Crippen LogP contribution in [0.1, 0.15) is 0 Å². The molecular formula is C6H4BrCl2FN2. The smallest absolute Gasteiger partial charge is 0.162 e. The molecule has 1 rings (SSSR count). The molecule has 0 heterocycles. The van der Waals surface area contributed by atoms with Gasteiger partial charge in [-0.05, 0) is 22.0 Å². The molecule has 0 saturated heterocycles. The Balaban J connectivity index is 3.40. The Hall–Kier alpha value is -0.0300. The number of rotatable bonds is 1. The summed E-state index contributed by atoms with van der Waals surface area (Å²) in [5.41, 5.74) is 2.53. The Morgan fingerprint density at radius 2 is 2.08 bits per heavy atom. The minimum Gasteiger partial charge on any atom is -0.322 e. The zero-order chi connectivity index (χ0) is 9.30. The first-order valence-electron chi connectivity index (χ1n) is 2.87. The van der Waals surface area contributed by atoms with Crippen LogP contribution in [0.15, 0.2) is 10.5 Å². The van der Waals surface area contributed by atoms with Gasteiger partial charge in [0, 0.05) is 4.47 Å². The van der Waals surface area contributed by atoms with Crippen molar-refractivity contribution in [1.82, 2.24) is 0 Å². The quantitative estimate of drug-likeness (QED) is 0.357. The maximum Gasteiger partial charge on any atom is 0.162 e. The van der Waals surface area contributed by atoms with Crippen LogP contribution in [0, 0.1) is 5.82 Å². The van der Waals surface area contributed by atoms with E-state index in [0.29, 0.717) is 4.47 Å². The van der Waals surface area contributed by atoms with E-state index in [1.54, 1.807) is 0 Å². The zero-order valence-corrected chi connectivity index (χ0v) is 8.76. The second-order valence-corrected chi connectivity index (χ2v) is 3.63. The van der Waals surface area contributed by atoms with E-state index in [9.17, 15) is 4.39 Å². The fourth-order valence-electron chi connectivity index (χ4n) is 0.699. The van der Waals surface area contributed by atoms with E-state index in [4.69, 9.17) is 29.0 Å². The fourth-order valence-corrected chi connectivity index (χ4v) is 2.00. The maximum absolute atomic E-state index is 13.0. The number of nitrogens with two attached hydrogens (primary N) is 1. The van der Waals surface area contributed by atoms with Crippen LogP contribution in [0.2, 0.25) is 10.0 Å². The molecule has 12 heavy (non-hydrogen) atoms. The first-order chi connectivity index (χ1) is 5.57. The first-order valence-corrected chi connectivity index (χ1v) is 4.42. The zero-order valence-electron chi connectivity index (χ0n) is 5.67. The standard InChI is InChI=1S/C6H4BrCl2FN2/c7-2-1-3(8)5(10)4(9)6(2)12-11/h1,12H,11H2. The summed E-state index contributed by atoms with van der Waals surface area (Å²) in [5.74, 6) is 4.41. The number of hydrogen-bond acceptors (Lipinski definition) is 2. The number of nitrogen functional groups attached to an aromatic ring is 1. The number of hydrazine groups is 1. The van der Waals surface area contributed by atoms with Crippen LogP contribution in [0.25, 0.3) is 0 Å². The van der Waals surface area contributed by atoms with E-state index in [1.165, 1.54) is 6.07 Å². The number of hydrogen-bond donors (Lipinski definition) is 2. The maximum atomic E-state index is 13.0. The SMILES string of the molecule is NNc1c(Br)cc(Cl)c(F)c1Cl. The lowest BCUT2D eigenvalue weighted by Gasteiger charge is -2.07. The van der Waals surface area contributed by atoms with Gasteiger partial charge in [0.2, 0.25) is 0 Å². The van der Waals surface area contributed by atoms with Gasteiger partial charge in [-0.2, -0.15) is 0 Å². The topological polar surface area (TPSA) is 38.0 Å². The van der Waals surface area contributed by atoms with Crippen LogP contribution in [-0.4, -0.2) is 0 Å². The van der Waals surface area contributed by atoms with Crippen LogP contribution in [0.5, 0.6) is 0 Å². The fraction of sp³-hybridized carbons (Fsp3) is 0. The average Bonchev–Trinajstić information content (AvgIpc) is 2.01. The molecule has 0 unspecified atom stereocenters. The molecule has 0 spiro atoms. The molecule has 1 aromatic rings. The largest absolute Gasteiger partial charge is 0.322 e. The van der Waals surface area contributed by atoms with Crippen molar-refractivity contribution in [2.45, 2.75) is 0 Å². The van der Waals surface area contributed by atoms with Gasteiger partial charge >= 0.3 is 0 Å². The Kier molecular flexibility index (Phi) is 3.17. The monoisotopic (exact) mass is 272 g/mol. The van der Waals surface area contributed by atoms with Crippen molar-refractivity contribution in [2.75, 3.05) is 5.43 Å². The van der Waals surface area contributed by atoms with E-state index in [1.807, 2.05) is 0 Å². The highest BCUT2D eigenvalue weighted by atomic mass is 79.9. The highest BCUT2D eigenvalue weighted by Crippen LogP contribution is 2.36. The molecule has 6 heteroatoms. The van der Waals surface area contributed by atoms with Gasteiger partial charge in [0.25, 0.3) is 0 Å². The second kappa shape index (κ2) is 3.79. The molecule has 0 bridgehead atoms. The molecule has 0 aliphatic heterocycles. The summed E-state index contributed by atoms with van der Waals surface area (Å²) in [6, 6.07) is 1.37. The van der Waals surface area contributed by atoms with Gasteiger partial charge in [0.1, 0.15) is 5.02 Å². The van der Waals surface area contributed by atoms with Gasteiger partial charge in [-0.3, -0.25) is 5.84 Å². The van der Waals surface area contributed by atoms with Crippen LogP contribution in [-0.2, 0) is 0 Å². The minimum absolute atomic E-state index is 0.0501. The molecule has 0 aliphatic carbocycles. The molecule has 0 amide bonds. The Morgan fingerprint density at radius 1 is 1.50 bits per heavy atom. The third kappa shape index (κ3) is 1.66. The molecule has 66 valence electrons. The van der Waals surface area contributed by atoms with Gasteiger partial charge in [-0.15, -0.1) is 0 Å². The summed E-state index contributed by atoms with van der Waals surface area (Å²) in [6.07, 6.45) is 0. The molecule has 0 atom stereocenters. The van der Waals surface area contributed by atoms with Gasteiger partial charge in [-0.1, -0.05) is 23.2 Å². The van der Waals surface area contributed by atoms with Crippen molar-refractivity contribution in [3.05, 3.63) is 26.4 Å². The van der Waals surface area contributed by atoms with Gasteiger partial charge in [0.15, 0.2) is 5.82 Å². The van der Waals surface area contributed by atoms with Crippen molar-refractivity contribution in [1.29, 1.82) is 0 Å². The lowest BCUT2D eigenvalue weighted by atomic mass is 10.3. The lowest BCUT2D eigenvalue weighted by Crippen LogP contribution is -2.08. The molecule has 0 radical (unpaired) electrons. The lowest BCUT2D eigenvalue weighted by molar-refractivity contribution is 0.629. The van der Waals surface area contributed by atoms with Gasteiger partial charge in [-0.25, -0.2) is 4.39 Å². The first kappa shape index (κ1) is 10.1. The number of benzene rings is 1. The molecule has 0 aliphatic rings. The van der Waals surface area contributed by atoms with E-state index in [2.05, 4.69) is 21.4 Å². The molecular weight excluding hydrogens is 270 g/mol.